The lowest BCUT2D eigenvalue weighted by atomic mass is 10.1. The lowest BCUT2D eigenvalue weighted by Gasteiger charge is -2.14. The summed E-state index contributed by atoms with van der Waals surface area (Å²) in [6, 6.07) is 0. The van der Waals surface area contributed by atoms with Crippen molar-refractivity contribution in [1.29, 1.82) is 0 Å². The van der Waals surface area contributed by atoms with Crippen molar-refractivity contribution in [3.05, 3.63) is 23.0 Å². The van der Waals surface area contributed by atoms with Crippen molar-refractivity contribution in [2.45, 2.75) is 20.1 Å². The standard InChI is InChI=1S/C9H14NO6P/c1-5-7(9(12)16-17(13,14)15)4-10(3)6(2)8(5)11/h4,9,12H,1-3H3,(H2-,11,13,14,15)/p+1. The number of rotatable bonds is 3. The molecule has 1 aromatic rings. The zero-order chi connectivity index (χ0) is 13.4. The molecule has 0 bridgehead atoms. The van der Waals surface area contributed by atoms with Crippen molar-refractivity contribution in [2.75, 3.05) is 0 Å². The molecular weight excluding hydrogens is 249 g/mol. The van der Waals surface area contributed by atoms with E-state index >= 15 is 0 Å². The minimum absolute atomic E-state index is 0.0571. The number of phosphoric ester groups is 1. The van der Waals surface area contributed by atoms with E-state index in [4.69, 9.17) is 9.79 Å². The molecule has 1 atom stereocenters. The summed E-state index contributed by atoms with van der Waals surface area (Å²) in [4.78, 5) is 17.2. The third-order valence-corrected chi connectivity index (χ3v) is 2.97. The number of phosphoric acid groups is 1. The van der Waals surface area contributed by atoms with E-state index in [-0.39, 0.29) is 11.3 Å². The summed E-state index contributed by atoms with van der Waals surface area (Å²) in [5, 5.41) is 19.3. The molecule has 0 spiro atoms. The molecule has 4 N–H and O–H groups in total. The van der Waals surface area contributed by atoms with Gasteiger partial charge in [0.25, 0.3) is 0 Å². The Kier molecular flexibility index (Phi) is 3.91. The van der Waals surface area contributed by atoms with Gasteiger partial charge in [-0.2, -0.15) is 0 Å². The number of aliphatic hydroxyl groups is 1. The minimum Gasteiger partial charge on any atom is -0.502 e. The monoisotopic (exact) mass is 264 g/mol. The van der Waals surface area contributed by atoms with Crippen LogP contribution >= 0.6 is 7.82 Å². The molecule has 0 aliphatic carbocycles. The van der Waals surface area contributed by atoms with Crippen LogP contribution in [0, 0.1) is 13.8 Å². The van der Waals surface area contributed by atoms with E-state index < -0.39 is 14.1 Å². The van der Waals surface area contributed by atoms with Crippen LogP contribution in [0.15, 0.2) is 6.20 Å². The first-order chi connectivity index (χ1) is 7.63. The van der Waals surface area contributed by atoms with Crippen LogP contribution in [-0.4, -0.2) is 20.0 Å². The largest absolute Gasteiger partial charge is 0.502 e. The van der Waals surface area contributed by atoms with Crippen molar-refractivity contribution in [1.82, 2.24) is 0 Å². The average Bonchev–Trinajstić information content (AvgIpc) is 2.17. The Morgan fingerprint density at radius 3 is 2.41 bits per heavy atom. The van der Waals surface area contributed by atoms with Gasteiger partial charge < -0.3 is 20.0 Å². The molecule has 0 amide bonds. The van der Waals surface area contributed by atoms with E-state index in [0.29, 0.717) is 11.3 Å². The molecule has 1 rings (SSSR count). The fraction of sp³-hybridized carbons (Fsp3) is 0.444. The zero-order valence-corrected chi connectivity index (χ0v) is 10.5. The number of hydrogen-bond acceptors (Lipinski definition) is 4. The molecular formula is C9H15NO6P+. The fourth-order valence-corrected chi connectivity index (χ4v) is 1.79. The highest BCUT2D eigenvalue weighted by molar-refractivity contribution is 7.46. The van der Waals surface area contributed by atoms with Crippen LogP contribution in [0.2, 0.25) is 0 Å². The van der Waals surface area contributed by atoms with Gasteiger partial charge in [0.15, 0.2) is 18.2 Å². The number of pyridine rings is 1. The van der Waals surface area contributed by atoms with E-state index in [1.165, 1.54) is 17.7 Å². The Morgan fingerprint density at radius 1 is 1.41 bits per heavy atom. The third-order valence-electron chi connectivity index (χ3n) is 2.50. The highest BCUT2D eigenvalue weighted by atomic mass is 31.2. The molecule has 0 saturated heterocycles. The molecule has 96 valence electrons. The molecule has 0 aliphatic rings. The van der Waals surface area contributed by atoms with Gasteiger partial charge in [-0.3, -0.25) is 4.52 Å². The van der Waals surface area contributed by atoms with E-state index in [1.807, 2.05) is 0 Å². The normalized spacial score (nSPS) is 13.8. The molecule has 0 saturated carbocycles. The number of aromatic hydroxyl groups is 1. The van der Waals surface area contributed by atoms with Crippen LogP contribution in [0.5, 0.6) is 5.75 Å². The zero-order valence-electron chi connectivity index (χ0n) is 9.65. The van der Waals surface area contributed by atoms with Gasteiger partial charge in [-0.25, -0.2) is 9.13 Å². The first-order valence-corrected chi connectivity index (χ1v) is 6.27. The summed E-state index contributed by atoms with van der Waals surface area (Å²) in [5.74, 6) is -0.0571. The maximum atomic E-state index is 10.6. The Hall–Kier alpha value is -0.980. The molecule has 1 unspecified atom stereocenters. The highest BCUT2D eigenvalue weighted by Gasteiger charge is 2.27. The summed E-state index contributed by atoms with van der Waals surface area (Å²) < 4.78 is 16.3. The number of aryl methyl sites for hydroxylation is 1. The van der Waals surface area contributed by atoms with Crippen LogP contribution in [0.4, 0.5) is 0 Å². The molecule has 17 heavy (non-hydrogen) atoms. The van der Waals surface area contributed by atoms with E-state index in [1.54, 1.807) is 14.0 Å². The number of hydrogen-bond donors (Lipinski definition) is 4. The average molecular weight is 264 g/mol. The van der Waals surface area contributed by atoms with Crippen LogP contribution in [0.1, 0.15) is 23.1 Å². The first-order valence-electron chi connectivity index (χ1n) is 4.74. The van der Waals surface area contributed by atoms with Gasteiger partial charge in [-0.15, -0.1) is 0 Å². The van der Waals surface area contributed by atoms with Gasteiger partial charge in [-0.05, 0) is 6.92 Å². The smallest absolute Gasteiger partial charge is 0.472 e. The van der Waals surface area contributed by atoms with Crippen LogP contribution in [-0.2, 0) is 16.1 Å². The lowest BCUT2D eigenvalue weighted by molar-refractivity contribution is -0.678. The van der Waals surface area contributed by atoms with E-state index in [9.17, 15) is 14.8 Å². The molecule has 7 nitrogen and oxygen atoms in total. The van der Waals surface area contributed by atoms with E-state index in [2.05, 4.69) is 4.52 Å². The van der Waals surface area contributed by atoms with E-state index in [0.717, 1.165) is 0 Å². The molecule has 0 aliphatic heterocycles. The number of aliphatic hydroxyl groups excluding tert-OH is 1. The predicted molar refractivity (Wildman–Crippen MR) is 56.8 cm³/mol. The molecule has 1 heterocycles. The summed E-state index contributed by atoms with van der Waals surface area (Å²) in [7, 11) is -3.16. The summed E-state index contributed by atoms with van der Waals surface area (Å²) in [5.41, 5.74) is 0.968. The second-order valence-electron chi connectivity index (χ2n) is 3.70. The van der Waals surface area contributed by atoms with Crippen molar-refractivity contribution in [3.63, 3.8) is 0 Å². The molecule has 0 fully saturated rings. The Labute approximate surface area is 98.2 Å². The van der Waals surface area contributed by atoms with Gasteiger partial charge in [0, 0.05) is 12.5 Å². The molecule has 1 aromatic heterocycles. The first kappa shape index (κ1) is 14.1. The number of nitrogens with zero attached hydrogens (tertiary/aromatic N) is 1. The van der Waals surface area contributed by atoms with Gasteiger partial charge in [0.2, 0.25) is 5.69 Å². The summed E-state index contributed by atoms with van der Waals surface area (Å²) in [6.45, 7) is 3.19. The van der Waals surface area contributed by atoms with Crippen LogP contribution < -0.4 is 4.57 Å². The van der Waals surface area contributed by atoms with Gasteiger partial charge >= 0.3 is 7.82 Å². The van der Waals surface area contributed by atoms with Crippen LogP contribution in [0.25, 0.3) is 0 Å². The Balaban J connectivity index is 3.19. The second-order valence-corrected chi connectivity index (χ2v) is 4.89. The minimum atomic E-state index is -4.79. The Morgan fingerprint density at radius 2 is 1.94 bits per heavy atom. The van der Waals surface area contributed by atoms with Crippen molar-refractivity contribution in [2.24, 2.45) is 7.05 Å². The summed E-state index contributed by atoms with van der Waals surface area (Å²) >= 11 is 0. The van der Waals surface area contributed by atoms with Crippen molar-refractivity contribution in [3.8, 4) is 5.75 Å². The van der Waals surface area contributed by atoms with Gasteiger partial charge in [-0.1, -0.05) is 0 Å². The SMILES string of the molecule is Cc1c(C(O)OP(=O)(O)O)c[n+](C)c(C)c1O. The second kappa shape index (κ2) is 4.72. The highest BCUT2D eigenvalue weighted by Crippen LogP contribution is 2.42. The van der Waals surface area contributed by atoms with Gasteiger partial charge in [0.05, 0.1) is 5.56 Å². The molecule has 8 heteroatoms. The van der Waals surface area contributed by atoms with Crippen molar-refractivity contribution < 1.29 is 33.7 Å². The predicted octanol–water partition coefficient (Wildman–Crippen LogP) is -0.0663. The molecule has 0 radical (unpaired) electrons. The third kappa shape index (κ3) is 3.24. The maximum absolute atomic E-state index is 10.6. The van der Waals surface area contributed by atoms with Gasteiger partial charge in [0.1, 0.15) is 7.05 Å². The Bertz CT molecular complexity index is 483. The summed E-state index contributed by atoms with van der Waals surface area (Å²) in [6.07, 6.45) is -0.362. The number of aromatic nitrogens is 1. The van der Waals surface area contributed by atoms with Crippen LogP contribution in [0.3, 0.4) is 0 Å². The topological polar surface area (TPSA) is 111 Å². The lowest BCUT2D eigenvalue weighted by Crippen LogP contribution is -2.33. The maximum Gasteiger partial charge on any atom is 0.472 e. The molecule has 0 aromatic carbocycles. The van der Waals surface area contributed by atoms with Crippen molar-refractivity contribution >= 4 is 7.82 Å². The fourth-order valence-electron chi connectivity index (χ4n) is 1.41. The quantitative estimate of drug-likeness (QED) is 0.345.